The van der Waals surface area contributed by atoms with E-state index in [1.807, 2.05) is 12.1 Å². The summed E-state index contributed by atoms with van der Waals surface area (Å²) < 4.78 is 3.36. The molecule has 0 nitrogen and oxygen atoms in total. The molecule has 0 spiro atoms. The van der Waals surface area contributed by atoms with Gasteiger partial charge in [0.15, 0.2) is 0 Å². The van der Waals surface area contributed by atoms with Crippen LogP contribution in [0, 0.1) is 0 Å². The Balaban J connectivity index is 0.00000302. The first-order chi connectivity index (χ1) is 23.2. The van der Waals surface area contributed by atoms with Crippen LogP contribution in [-0.4, -0.2) is 3.21 Å². The Morgan fingerprint density at radius 1 is 0.558 bits per heavy atom. The van der Waals surface area contributed by atoms with E-state index in [0.717, 1.165) is 16.5 Å². The molecule has 0 radical (unpaired) electrons. The van der Waals surface area contributed by atoms with Gasteiger partial charge >= 0.3 is 322 Å². The molecule has 0 saturated carbocycles. The van der Waals surface area contributed by atoms with Crippen LogP contribution in [0.4, 0.5) is 0 Å². The Labute approximate surface area is 344 Å². The third-order valence-corrected chi connectivity index (χ3v) is 19.2. The second-order valence-corrected chi connectivity index (χ2v) is 25.7. The minimum absolute atomic E-state index is 0. The quantitative estimate of drug-likeness (QED) is 0.196. The van der Waals surface area contributed by atoms with Gasteiger partial charge in [0, 0.05) is 0 Å². The third-order valence-electron chi connectivity index (χ3n) is 10.4. The summed E-state index contributed by atoms with van der Waals surface area (Å²) in [5, 5.41) is 1.54. The smallest absolute Gasteiger partial charge is 1.00 e. The van der Waals surface area contributed by atoms with Gasteiger partial charge in [-0.2, -0.15) is 0 Å². The van der Waals surface area contributed by atoms with Crippen LogP contribution in [0.15, 0.2) is 94.3 Å². The Bertz CT molecular complexity index is 1960. The standard InChI is InChI=1S/C29H41.C13H8Cl2.C5H5.2ClH.Zr/c1-26(2,3)22-14-18-13-19-15-23(27(4,5)6)25(29(10,11)12)17-21(19)20(18)16-24(22)28(7,8)9;14-12-5-1-3-10(8-12)7-11-4-2-6-13(15)9-11;1-2-4-5-3-1;;;/h13-17H,1-12H3;1-6,8-9H;1-3H,4H2;2*1H;/q;;;;;+2/p-2. The predicted octanol–water partition coefficient (Wildman–Crippen LogP) is 7.99. The van der Waals surface area contributed by atoms with Gasteiger partial charge in [-0.1, -0.05) is 0 Å². The summed E-state index contributed by atoms with van der Waals surface area (Å²) in [5.74, 6) is 0. The van der Waals surface area contributed by atoms with Gasteiger partial charge in [0.05, 0.1) is 0 Å². The van der Waals surface area contributed by atoms with Gasteiger partial charge < -0.3 is 24.8 Å². The maximum atomic E-state index is 6.81. The van der Waals surface area contributed by atoms with Gasteiger partial charge in [-0.25, -0.2) is 0 Å². The van der Waals surface area contributed by atoms with Crippen LogP contribution < -0.4 is 24.8 Å². The summed E-state index contributed by atoms with van der Waals surface area (Å²) in [4.78, 5) is 0. The molecule has 4 aromatic carbocycles. The molecule has 0 fully saturated rings. The average Bonchev–Trinajstić information content (AvgIpc) is 3.63. The summed E-state index contributed by atoms with van der Waals surface area (Å²) in [6, 6.07) is 27.6. The fourth-order valence-corrected chi connectivity index (χ4v) is 17.3. The Hall–Kier alpha value is -1.73. The number of fused-ring (bicyclic) bond motifs is 3. The van der Waals surface area contributed by atoms with E-state index < -0.39 is 21.3 Å². The fraction of sp³-hybridized carbons (Fsp3) is 0.383. The molecule has 0 aromatic heterocycles. The van der Waals surface area contributed by atoms with Crippen LogP contribution in [0.3, 0.4) is 0 Å². The molecular weight excluding hydrogens is 798 g/mol. The number of allylic oxidation sites excluding steroid dienone is 4. The first kappa shape index (κ1) is 43.0. The largest absolute Gasteiger partial charge is 1.00 e. The molecule has 0 N–H and O–H groups in total. The van der Waals surface area contributed by atoms with Crippen molar-refractivity contribution >= 4 is 26.4 Å². The Kier molecular flexibility index (Phi) is 12.8. The molecule has 4 aromatic rings. The topological polar surface area (TPSA) is 0 Å². The van der Waals surface area contributed by atoms with Crippen LogP contribution in [0.1, 0.15) is 138 Å². The van der Waals surface area contributed by atoms with Crippen LogP contribution in [0.5, 0.6) is 0 Å². The molecule has 0 unspecified atom stereocenters. The first-order valence-corrected chi connectivity index (χ1v) is 22.8. The molecule has 0 bridgehead atoms. The van der Waals surface area contributed by atoms with Crippen LogP contribution >= 0.6 is 23.2 Å². The van der Waals surface area contributed by atoms with Crippen LogP contribution in [0.2, 0.25) is 10.0 Å². The fourth-order valence-electron chi connectivity index (χ4n) is 8.04. The minimum Gasteiger partial charge on any atom is -1.00 e. The molecule has 6 rings (SSSR count). The maximum absolute atomic E-state index is 6.81. The average molecular weight is 852 g/mol. The number of hydrogen-bond acceptors (Lipinski definition) is 0. The van der Waals surface area contributed by atoms with E-state index in [2.05, 4.69) is 162 Å². The molecule has 5 heteroatoms. The van der Waals surface area contributed by atoms with Crippen molar-refractivity contribution in [2.45, 2.75) is 115 Å². The minimum atomic E-state index is -2.98. The SMILES string of the molecule is CC(C)(C)c1cc2c(cc1C(C)(C)C)[CH]([Zr+2]([C]1=CC=CC1)=[C](c1cccc(Cl)c1)c1cccc(Cl)c1)c1cc(C(C)(C)C)c(C(C)(C)C)cc1-2.[Cl-].[Cl-]. The number of halogens is 4. The van der Waals surface area contributed by atoms with Crippen molar-refractivity contribution < 1.29 is 46.1 Å². The molecule has 2 aliphatic carbocycles. The number of hydrogen-bond donors (Lipinski definition) is 0. The molecule has 0 amide bonds. The zero-order valence-electron chi connectivity index (χ0n) is 33.0. The Morgan fingerprint density at radius 2 is 0.942 bits per heavy atom. The zero-order valence-corrected chi connectivity index (χ0v) is 38.4. The van der Waals surface area contributed by atoms with Crippen molar-refractivity contribution in [1.29, 1.82) is 0 Å². The monoisotopic (exact) mass is 848 g/mol. The normalized spacial score (nSPS) is 14.1. The molecule has 0 saturated heterocycles. The predicted molar refractivity (Wildman–Crippen MR) is 216 cm³/mol. The molecule has 274 valence electrons. The first-order valence-electron chi connectivity index (χ1n) is 18.2. The van der Waals surface area contributed by atoms with Crippen LogP contribution in [-0.2, 0) is 42.9 Å². The van der Waals surface area contributed by atoms with E-state index in [-0.39, 0.29) is 50.1 Å². The van der Waals surface area contributed by atoms with Gasteiger partial charge in [0.25, 0.3) is 0 Å². The van der Waals surface area contributed by atoms with Crippen molar-refractivity contribution in [2.75, 3.05) is 0 Å². The number of rotatable bonds is 4. The Morgan fingerprint density at radius 3 is 1.27 bits per heavy atom. The van der Waals surface area contributed by atoms with Crippen molar-refractivity contribution in [2.24, 2.45) is 0 Å². The summed E-state index contributed by atoms with van der Waals surface area (Å²) >= 11 is 10.6. The van der Waals surface area contributed by atoms with Gasteiger partial charge in [-0.15, -0.1) is 0 Å². The van der Waals surface area contributed by atoms with Crippen molar-refractivity contribution in [3.05, 3.63) is 149 Å². The maximum Gasteiger partial charge on any atom is -1.00 e. The van der Waals surface area contributed by atoms with Gasteiger partial charge in [0.1, 0.15) is 0 Å². The summed E-state index contributed by atoms with van der Waals surface area (Å²) in [6.45, 7) is 28.6. The molecular formula is C47H54Cl4Zr. The van der Waals surface area contributed by atoms with Crippen LogP contribution in [0.25, 0.3) is 11.1 Å². The molecule has 0 atom stereocenters. The van der Waals surface area contributed by atoms with E-state index in [0.29, 0.717) is 0 Å². The molecule has 0 aliphatic heterocycles. The summed E-state index contributed by atoms with van der Waals surface area (Å²) in [5.41, 5.74) is 14.1. The van der Waals surface area contributed by atoms with Gasteiger partial charge in [-0.05, 0) is 0 Å². The van der Waals surface area contributed by atoms with E-state index in [4.69, 9.17) is 23.2 Å². The summed E-state index contributed by atoms with van der Waals surface area (Å²) in [7, 11) is 0. The van der Waals surface area contributed by atoms with Crippen molar-refractivity contribution in [1.82, 2.24) is 0 Å². The third kappa shape index (κ3) is 8.41. The second-order valence-electron chi connectivity index (χ2n) is 18.5. The molecule has 52 heavy (non-hydrogen) atoms. The zero-order chi connectivity index (χ0) is 36.6. The van der Waals surface area contributed by atoms with E-state index in [1.165, 1.54) is 58.8 Å². The second kappa shape index (κ2) is 15.4. The van der Waals surface area contributed by atoms with E-state index >= 15 is 0 Å². The van der Waals surface area contributed by atoms with E-state index in [1.54, 1.807) is 3.28 Å². The van der Waals surface area contributed by atoms with Crippen molar-refractivity contribution in [3.63, 3.8) is 0 Å². The molecule has 2 aliphatic rings. The van der Waals surface area contributed by atoms with E-state index in [9.17, 15) is 0 Å². The van der Waals surface area contributed by atoms with Gasteiger partial charge in [-0.3, -0.25) is 0 Å². The van der Waals surface area contributed by atoms with Crippen molar-refractivity contribution in [3.8, 4) is 11.1 Å². The molecule has 0 heterocycles. The van der Waals surface area contributed by atoms with Gasteiger partial charge in [0.2, 0.25) is 0 Å². The summed E-state index contributed by atoms with van der Waals surface area (Å²) in [6.07, 6.45) is 8.09. The number of benzene rings is 4.